The number of aryl methyl sites for hydroxylation is 1. The van der Waals surface area contributed by atoms with Crippen molar-refractivity contribution in [1.29, 1.82) is 0 Å². The van der Waals surface area contributed by atoms with E-state index < -0.39 is 6.17 Å². The second-order valence-electron chi connectivity index (χ2n) is 6.87. The van der Waals surface area contributed by atoms with Crippen molar-refractivity contribution in [2.45, 2.75) is 25.4 Å². The number of nitrogens with zero attached hydrogens (tertiary/aromatic N) is 4. The molecule has 0 bridgehead atoms. The van der Waals surface area contributed by atoms with Gasteiger partial charge in [0, 0.05) is 17.4 Å². The van der Waals surface area contributed by atoms with E-state index in [-0.39, 0.29) is 11.8 Å². The van der Waals surface area contributed by atoms with Gasteiger partial charge in [0.2, 0.25) is 11.7 Å². The summed E-state index contributed by atoms with van der Waals surface area (Å²) < 4.78 is 20.1. The number of carbonyl (C=O) groups is 1. The lowest BCUT2D eigenvalue weighted by molar-refractivity contribution is 0.102. The van der Waals surface area contributed by atoms with Crippen molar-refractivity contribution in [1.82, 2.24) is 19.5 Å². The first kappa shape index (κ1) is 16.6. The number of anilines is 1. The van der Waals surface area contributed by atoms with Crippen LogP contribution in [0.3, 0.4) is 0 Å². The molecule has 140 valence electrons. The SMILES string of the molecule is Cc1ccc(-c2noc([C@@H]3C[C@@H]3F)n2)cc1NC(=O)c1cnc2ccccn12. The van der Waals surface area contributed by atoms with Crippen molar-refractivity contribution in [3.8, 4) is 11.4 Å². The van der Waals surface area contributed by atoms with E-state index >= 15 is 0 Å². The zero-order valence-electron chi connectivity index (χ0n) is 15.0. The smallest absolute Gasteiger partial charge is 0.274 e. The molecule has 7 nitrogen and oxygen atoms in total. The van der Waals surface area contributed by atoms with Gasteiger partial charge in [-0.1, -0.05) is 23.4 Å². The van der Waals surface area contributed by atoms with Gasteiger partial charge in [-0.15, -0.1) is 0 Å². The molecule has 1 saturated carbocycles. The average molecular weight is 377 g/mol. The molecule has 3 aromatic heterocycles. The van der Waals surface area contributed by atoms with Gasteiger partial charge in [-0.05, 0) is 37.1 Å². The highest BCUT2D eigenvalue weighted by Gasteiger charge is 2.43. The second-order valence-corrected chi connectivity index (χ2v) is 6.87. The van der Waals surface area contributed by atoms with E-state index in [2.05, 4.69) is 20.4 Å². The van der Waals surface area contributed by atoms with Gasteiger partial charge >= 0.3 is 0 Å². The van der Waals surface area contributed by atoms with E-state index in [1.54, 1.807) is 22.9 Å². The number of hydrogen-bond donors (Lipinski definition) is 1. The second kappa shape index (κ2) is 6.26. The molecule has 1 N–H and O–H groups in total. The van der Waals surface area contributed by atoms with Crippen molar-refractivity contribution in [2.75, 3.05) is 5.32 Å². The first-order valence-electron chi connectivity index (χ1n) is 8.92. The highest BCUT2D eigenvalue weighted by molar-refractivity contribution is 6.04. The van der Waals surface area contributed by atoms with Crippen LogP contribution in [-0.4, -0.2) is 31.6 Å². The number of amides is 1. The predicted molar refractivity (Wildman–Crippen MR) is 99.9 cm³/mol. The van der Waals surface area contributed by atoms with Gasteiger partial charge in [0.1, 0.15) is 17.5 Å². The van der Waals surface area contributed by atoms with Gasteiger partial charge in [0.15, 0.2) is 0 Å². The molecule has 28 heavy (non-hydrogen) atoms. The number of benzene rings is 1. The van der Waals surface area contributed by atoms with Crippen molar-refractivity contribution < 1.29 is 13.7 Å². The van der Waals surface area contributed by atoms with E-state index in [0.717, 1.165) is 5.56 Å². The van der Waals surface area contributed by atoms with E-state index in [0.29, 0.717) is 40.7 Å². The number of rotatable bonds is 4. The van der Waals surface area contributed by atoms with Crippen LogP contribution in [0.2, 0.25) is 0 Å². The van der Waals surface area contributed by atoms with Gasteiger partial charge in [0.05, 0.1) is 12.1 Å². The molecule has 3 heterocycles. The molecule has 0 radical (unpaired) electrons. The van der Waals surface area contributed by atoms with Crippen LogP contribution < -0.4 is 5.32 Å². The van der Waals surface area contributed by atoms with E-state index in [1.165, 1.54) is 0 Å². The average Bonchev–Trinajstić information content (AvgIpc) is 3.12. The fraction of sp³-hybridized carbons (Fsp3) is 0.200. The summed E-state index contributed by atoms with van der Waals surface area (Å²) in [5, 5.41) is 6.86. The van der Waals surface area contributed by atoms with Crippen LogP contribution in [0.1, 0.15) is 34.3 Å². The minimum absolute atomic E-state index is 0.272. The quantitative estimate of drug-likeness (QED) is 0.585. The molecule has 1 aromatic carbocycles. The molecule has 4 aromatic rings. The van der Waals surface area contributed by atoms with Gasteiger partial charge in [0.25, 0.3) is 5.91 Å². The van der Waals surface area contributed by atoms with Crippen LogP contribution in [0.15, 0.2) is 53.3 Å². The zero-order chi connectivity index (χ0) is 19.3. The number of halogens is 1. The fourth-order valence-electron chi connectivity index (χ4n) is 3.11. The van der Waals surface area contributed by atoms with Crippen LogP contribution >= 0.6 is 0 Å². The molecule has 5 rings (SSSR count). The third kappa shape index (κ3) is 2.83. The Bertz CT molecular complexity index is 1200. The number of pyridine rings is 1. The fourth-order valence-corrected chi connectivity index (χ4v) is 3.11. The van der Waals surface area contributed by atoms with Crippen LogP contribution in [0.25, 0.3) is 17.0 Å². The molecule has 0 saturated heterocycles. The minimum Gasteiger partial charge on any atom is -0.339 e. The number of carbonyl (C=O) groups excluding carboxylic acids is 1. The summed E-state index contributed by atoms with van der Waals surface area (Å²) in [5.41, 5.74) is 3.34. The van der Waals surface area contributed by atoms with Crippen LogP contribution in [0.4, 0.5) is 10.1 Å². The summed E-state index contributed by atoms with van der Waals surface area (Å²) >= 11 is 0. The monoisotopic (exact) mass is 377 g/mol. The van der Waals surface area contributed by atoms with Crippen molar-refractivity contribution in [2.24, 2.45) is 0 Å². The maximum Gasteiger partial charge on any atom is 0.274 e. The number of imidazole rings is 1. The highest BCUT2D eigenvalue weighted by atomic mass is 19.1. The van der Waals surface area contributed by atoms with Crippen molar-refractivity contribution in [3.63, 3.8) is 0 Å². The Labute approximate surface area is 159 Å². The molecule has 1 fully saturated rings. The summed E-state index contributed by atoms with van der Waals surface area (Å²) in [6.07, 6.45) is 2.86. The lowest BCUT2D eigenvalue weighted by Gasteiger charge is -2.09. The Hall–Kier alpha value is -3.55. The molecular formula is C20H16FN5O2. The van der Waals surface area contributed by atoms with Gasteiger partial charge in [-0.3, -0.25) is 9.20 Å². The molecular weight excluding hydrogens is 361 g/mol. The Morgan fingerprint density at radius 1 is 1.32 bits per heavy atom. The normalized spacial score (nSPS) is 18.4. The predicted octanol–water partition coefficient (Wildman–Crippen LogP) is 3.77. The Morgan fingerprint density at radius 2 is 2.18 bits per heavy atom. The molecule has 0 unspecified atom stereocenters. The molecule has 0 aliphatic heterocycles. The molecule has 0 spiro atoms. The number of nitrogens with one attached hydrogen (secondary N) is 1. The first-order valence-corrected chi connectivity index (χ1v) is 8.92. The Morgan fingerprint density at radius 3 is 3.00 bits per heavy atom. The summed E-state index contributed by atoms with van der Waals surface area (Å²) in [4.78, 5) is 21.3. The Kier molecular flexibility index (Phi) is 3.71. The maximum atomic E-state index is 13.2. The number of aromatic nitrogens is 4. The summed E-state index contributed by atoms with van der Waals surface area (Å²) in [5.74, 6) is 0.130. The third-order valence-electron chi connectivity index (χ3n) is 4.87. The van der Waals surface area contributed by atoms with Crippen molar-refractivity contribution >= 4 is 17.2 Å². The Balaban J connectivity index is 1.43. The number of hydrogen-bond acceptors (Lipinski definition) is 5. The minimum atomic E-state index is -0.897. The summed E-state index contributed by atoms with van der Waals surface area (Å²) in [6, 6.07) is 11.0. The largest absolute Gasteiger partial charge is 0.339 e. The first-order chi connectivity index (χ1) is 13.6. The lowest BCUT2D eigenvalue weighted by atomic mass is 10.1. The van der Waals surface area contributed by atoms with Crippen LogP contribution in [-0.2, 0) is 0 Å². The van der Waals surface area contributed by atoms with Gasteiger partial charge in [-0.25, -0.2) is 9.37 Å². The zero-order valence-corrected chi connectivity index (χ0v) is 15.0. The van der Waals surface area contributed by atoms with Gasteiger partial charge in [-0.2, -0.15) is 4.98 Å². The topological polar surface area (TPSA) is 85.3 Å². The number of alkyl halides is 1. The summed E-state index contributed by atoms with van der Waals surface area (Å²) in [7, 11) is 0. The standard InChI is InChI=1S/C20H16FN5O2/c1-11-5-6-12(18-24-20(28-25-18)13-9-14(13)21)8-15(11)23-19(27)16-10-22-17-4-2-3-7-26(16)17/h2-8,10,13-14H,9H2,1H3,(H,23,27)/t13-,14+/m1/s1. The molecule has 2 atom stereocenters. The third-order valence-corrected chi connectivity index (χ3v) is 4.87. The lowest BCUT2D eigenvalue weighted by Crippen LogP contribution is -2.15. The van der Waals surface area contributed by atoms with Gasteiger partial charge < -0.3 is 9.84 Å². The van der Waals surface area contributed by atoms with E-state index in [9.17, 15) is 9.18 Å². The van der Waals surface area contributed by atoms with Crippen LogP contribution in [0.5, 0.6) is 0 Å². The van der Waals surface area contributed by atoms with E-state index in [4.69, 9.17) is 4.52 Å². The van der Waals surface area contributed by atoms with Crippen molar-refractivity contribution in [3.05, 3.63) is 65.9 Å². The highest BCUT2D eigenvalue weighted by Crippen LogP contribution is 2.43. The summed E-state index contributed by atoms with van der Waals surface area (Å²) in [6.45, 7) is 1.90. The number of fused-ring (bicyclic) bond motifs is 1. The molecule has 1 aliphatic rings. The molecule has 1 amide bonds. The molecule has 8 heteroatoms. The van der Waals surface area contributed by atoms with E-state index in [1.807, 2.05) is 37.3 Å². The van der Waals surface area contributed by atoms with Crippen LogP contribution in [0, 0.1) is 6.92 Å². The molecule has 1 aliphatic carbocycles. The maximum absolute atomic E-state index is 13.2.